The molecule has 0 radical (unpaired) electrons. The lowest BCUT2D eigenvalue weighted by molar-refractivity contribution is -0.402. The third kappa shape index (κ3) is 3.96. The van der Waals surface area contributed by atoms with E-state index in [4.69, 9.17) is 21.7 Å². The van der Waals surface area contributed by atoms with Crippen molar-refractivity contribution in [1.29, 1.82) is 0 Å². The van der Waals surface area contributed by atoms with E-state index in [1.165, 1.54) is 53.5 Å². The van der Waals surface area contributed by atoms with Gasteiger partial charge >= 0.3 is 11.9 Å². The van der Waals surface area contributed by atoms with Gasteiger partial charge in [0.15, 0.2) is 4.32 Å². The van der Waals surface area contributed by atoms with Gasteiger partial charge in [-0.3, -0.25) is 19.8 Å². The zero-order valence-corrected chi connectivity index (χ0v) is 15.0. The van der Waals surface area contributed by atoms with Crippen molar-refractivity contribution in [1.82, 2.24) is 0 Å². The van der Waals surface area contributed by atoms with Crippen LogP contribution < -0.4 is 4.90 Å². The van der Waals surface area contributed by atoms with Gasteiger partial charge in [-0.1, -0.05) is 36.1 Å². The van der Waals surface area contributed by atoms with Gasteiger partial charge in [0, 0.05) is 0 Å². The predicted molar refractivity (Wildman–Crippen MR) is 104 cm³/mol. The maximum atomic E-state index is 12.6. The molecule has 136 valence electrons. The van der Waals surface area contributed by atoms with Crippen molar-refractivity contribution in [3.8, 4) is 0 Å². The minimum absolute atomic E-state index is 0.0461. The number of carbonyl (C=O) groups is 2. The molecule has 1 aromatic carbocycles. The van der Waals surface area contributed by atoms with Gasteiger partial charge in [-0.2, -0.15) is 0 Å². The van der Waals surface area contributed by atoms with Gasteiger partial charge in [-0.05, 0) is 36.4 Å². The number of thioether (sulfide) groups is 1. The summed E-state index contributed by atoms with van der Waals surface area (Å²) in [5.41, 5.74) is 0.413. The topological polar surface area (TPSA) is 114 Å². The number of carboxylic acid groups (broad SMARTS) is 1. The average molecular weight is 402 g/mol. The molecule has 0 bridgehead atoms. The Bertz CT molecular complexity index is 1020. The fourth-order valence-corrected chi connectivity index (χ4v) is 3.49. The summed E-state index contributed by atoms with van der Waals surface area (Å²) >= 11 is 6.29. The van der Waals surface area contributed by atoms with E-state index in [9.17, 15) is 19.7 Å². The van der Waals surface area contributed by atoms with Crippen molar-refractivity contribution in [3.05, 3.63) is 74.9 Å². The van der Waals surface area contributed by atoms with Crippen LogP contribution in [0.25, 0.3) is 6.08 Å². The molecule has 1 N–H and O–H groups in total. The van der Waals surface area contributed by atoms with Gasteiger partial charge in [-0.25, -0.2) is 4.79 Å². The first-order chi connectivity index (χ1) is 12.9. The number of allylic oxidation sites excluding steroid dienone is 2. The summed E-state index contributed by atoms with van der Waals surface area (Å²) in [6, 6.07) is 8.58. The van der Waals surface area contributed by atoms with Crippen LogP contribution in [-0.2, 0) is 4.79 Å². The van der Waals surface area contributed by atoms with Gasteiger partial charge in [0.25, 0.3) is 5.91 Å². The highest BCUT2D eigenvalue weighted by atomic mass is 32.2. The summed E-state index contributed by atoms with van der Waals surface area (Å²) in [6.45, 7) is 0. The van der Waals surface area contributed by atoms with Crippen LogP contribution in [0.2, 0.25) is 0 Å². The Morgan fingerprint density at radius 3 is 2.78 bits per heavy atom. The fraction of sp³-hybridized carbons (Fsp3) is 0. The summed E-state index contributed by atoms with van der Waals surface area (Å²) in [7, 11) is 0. The standard InChI is InChI=1S/C17H10N2O6S2/c20-15-13(6-2-5-12-7-8-14(25-12)19(23)24)27-17(26)18(15)11-4-1-3-10(9-11)16(21)22/h1-9H,(H,21,22)/b5-2+,13-6-. The van der Waals surface area contributed by atoms with Crippen LogP contribution in [-0.4, -0.2) is 26.2 Å². The SMILES string of the molecule is O=C(O)c1cccc(N2C(=O)/C(=C/C=C/c3ccc([N+](=O)[O-])o3)SC2=S)c1. The second-order valence-electron chi connectivity index (χ2n) is 5.19. The highest BCUT2D eigenvalue weighted by molar-refractivity contribution is 8.27. The molecule has 1 fully saturated rings. The zero-order chi connectivity index (χ0) is 19.6. The Labute approximate surface area is 161 Å². The first-order valence-corrected chi connectivity index (χ1v) is 8.61. The first kappa shape index (κ1) is 18.5. The summed E-state index contributed by atoms with van der Waals surface area (Å²) < 4.78 is 5.26. The number of hydrogen-bond acceptors (Lipinski definition) is 7. The van der Waals surface area contributed by atoms with Crippen molar-refractivity contribution >= 4 is 57.8 Å². The maximum absolute atomic E-state index is 12.6. The maximum Gasteiger partial charge on any atom is 0.433 e. The number of carbonyl (C=O) groups excluding carboxylic acids is 1. The molecule has 1 saturated heterocycles. The van der Waals surface area contributed by atoms with Gasteiger partial charge in [0.1, 0.15) is 10.7 Å². The van der Waals surface area contributed by atoms with Crippen LogP contribution in [0.4, 0.5) is 11.6 Å². The van der Waals surface area contributed by atoms with Crippen molar-refractivity contribution in [3.63, 3.8) is 0 Å². The number of carboxylic acids is 1. The number of furan rings is 1. The smallest absolute Gasteiger partial charge is 0.433 e. The summed E-state index contributed by atoms with van der Waals surface area (Å²) in [6.07, 6.45) is 4.50. The van der Waals surface area contributed by atoms with E-state index in [0.29, 0.717) is 10.6 Å². The molecule has 0 atom stereocenters. The Balaban J connectivity index is 1.80. The molecule has 0 saturated carbocycles. The molecule has 1 aliphatic heterocycles. The lowest BCUT2D eigenvalue weighted by Gasteiger charge is -2.14. The van der Waals surface area contributed by atoms with Gasteiger partial charge < -0.3 is 9.52 Å². The van der Waals surface area contributed by atoms with Gasteiger partial charge in [-0.15, -0.1) is 0 Å². The number of nitrogens with zero attached hydrogens (tertiary/aromatic N) is 2. The second kappa shape index (κ2) is 7.56. The number of anilines is 1. The Morgan fingerprint density at radius 2 is 2.11 bits per heavy atom. The number of nitro groups is 1. The lowest BCUT2D eigenvalue weighted by atomic mass is 10.2. The van der Waals surface area contributed by atoms with E-state index in [1.54, 1.807) is 6.07 Å². The second-order valence-corrected chi connectivity index (χ2v) is 6.86. The molecular formula is C17H10N2O6S2. The monoisotopic (exact) mass is 402 g/mol. The molecule has 2 aromatic rings. The third-order valence-corrected chi connectivity index (χ3v) is 4.77. The molecule has 8 nitrogen and oxygen atoms in total. The molecular weight excluding hydrogens is 392 g/mol. The molecule has 0 aliphatic carbocycles. The summed E-state index contributed by atoms with van der Waals surface area (Å²) in [5.74, 6) is -1.60. The number of thiocarbonyl (C=S) groups is 1. The van der Waals surface area contributed by atoms with E-state index in [1.807, 2.05) is 0 Å². The van der Waals surface area contributed by atoms with Crippen LogP contribution in [0.15, 0.2) is 57.9 Å². The first-order valence-electron chi connectivity index (χ1n) is 7.39. The van der Waals surface area contributed by atoms with Crippen LogP contribution in [0.1, 0.15) is 16.1 Å². The largest absolute Gasteiger partial charge is 0.478 e. The molecule has 1 aromatic heterocycles. The van der Waals surface area contributed by atoms with E-state index in [0.717, 1.165) is 11.8 Å². The number of rotatable bonds is 5. The Hall–Kier alpha value is -3.24. The lowest BCUT2D eigenvalue weighted by Crippen LogP contribution is -2.27. The highest BCUT2D eigenvalue weighted by Crippen LogP contribution is 2.35. The van der Waals surface area contributed by atoms with Crippen LogP contribution in [0.3, 0.4) is 0 Å². The predicted octanol–water partition coefficient (Wildman–Crippen LogP) is 3.85. The van der Waals surface area contributed by atoms with Gasteiger partial charge in [0.05, 0.1) is 22.2 Å². The number of benzene rings is 1. The molecule has 1 amide bonds. The van der Waals surface area contributed by atoms with E-state index in [-0.39, 0.29) is 27.4 Å². The summed E-state index contributed by atoms with van der Waals surface area (Å²) in [5, 5.41) is 19.7. The number of hydrogen-bond donors (Lipinski definition) is 1. The molecule has 3 rings (SSSR count). The summed E-state index contributed by atoms with van der Waals surface area (Å²) in [4.78, 5) is 35.2. The zero-order valence-electron chi connectivity index (χ0n) is 13.4. The Morgan fingerprint density at radius 1 is 1.33 bits per heavy atom. The molecule has 10 heteroatoms. The normalized spacial score (nSPS) is 15.9. The van der Waals surface area contributed by atoms with Crippen molar-refractivity contribution in [2.45, 2.75) is 0 Å². The van der Waals surface area contributed by atoms with Gasteiger partial charge in [0.2, 0.25) is 0 Å². The van der Waals surface area contributed by atoms with E-state index < -0.39 is 10.9 Å². The van der Waals surface area contributed by atoms with Crippen molar-refractivity contribution in [2.75, 3.05) is 4.90 Å². The van der Waals surface area contributed by atoms with E-state index >= 15 is 0 Å². The van der Waals surface area contributed by atoms with Crippen LogP contribution in [0, 0.1) is 10.1 Å². The molecule has 0 unspecified atom stereocenters. The molecule has 2 heterocycles. The number of aromatic carboxylic acids is 1. The Kier molecular flexibility index (Phi) is 5.19. The number of amides is 1. The quantitative estimate of drug-likeness (QED) is 0.347. The molecule has 0 spiro atoms. The van der Waals surface area contributed by atoms with Crippen molar-refractivity contribution in [2.24, 2.45) is 0 Å². The van der Waals surface area contributed by atoms with Crippen LogP contribution in [0.5, 0.6) is 0 Å². The average Bonchev–Trinajstić information content (AvgIpc) is 3.20. The van der Waals surface area contributed by atoms with E-state index in [2.05, 4.69) is 0 Å². The minimum Gasteiger partial charge on any atom is -0.478 e. The van der Waals surface area contributed by atoms with Crippen molar-refractivity contribution < 1.29 is 24.0 Å². The third-order valence-electron chi connectivity index (χ3n) is 3.45. The minimum atomic E-state index is -1.10. The van der Waals surface area contributed by atoms with Crippen LogP contribution >= 0.6 is 24.0 Å². The fourth-order valence-electron chi connectivity index (χ4n) is 2.24. The molecule has 1 aliphatic rings. The molecule has 27 heavy (non-hydrogen) atoms. The highest BCUT2D eigenvalue weighted by Gasteiger charge is 2.33.